The molecule has 40 heavy (non-hydrogen) atoms. The molecule has 0 aromatic carbocycles. The lowest BCUT2D eigenvalue weighted by atomic mass is 9.99. The van der Waals surface area contributed by atoms with Gasteiger partial charge >= 0.3 is 11.9 Å². The number of amides is 5. The van der Waals surface area contributed by atoms with E-state index in [1.165, 1.54) is 0 Å². The van der Waals surface area contributed by atoms with E-state index in [0.29, 0.717) is 0 Å². The summed E-state index contributed by atoms with van der Waals surface area (Å²) in [6, 6.07) is -6.61. The lowest BCUT2D eigenvalue weighted by Gasteiger charge is -2.28. The maximum Gasteiger partial charge on any atom is 0.326 e. The maximum atomic E-state index is 13.2. The average Bonchev–Trinajstić information content (AvgIpc) is 2.84. The number of rotatable bonds is 19. The Balaban J connectivity index is 5.79. The molecular formula is C24H42N6O10. The van der Waals surface area contributed by atoms with Crippen molar-refractivity contribution in [2.45, 2.75) is 90.0 Å². The van der Waals surface area contributed by atoms with Crippen LogP contribution in [0, 0.1) is 11.8 Å². The highest BCUT2D eigenvalue weighted by Crippen LogP contribution is 2.10. The Bertz CT molecular complexity index is 926. The van der Waals surface area contributed by atoms with Gasteiger partial charge in [-0.25, -0.2) is 4.79 Å². The summed E-state index contributed by atoms with van der Waals surface area (Å²) < 4.78 is 0. The number of aliphatic hydroxyl groups is 1. The Morgan fingerprint density at radius 2 is 1.20 bits per heavy atom. The third kappa shape index (κ3) is 13.8. The SMILES string of the molecule is CC(C)C[C@H](NC(=O)[C@H](CCC(N)=O)NC(=O)[C@@H](N)CO)C(=O)N[C@H](C(=O)N[C@@H](CCC(=O)O)C(=O)O)C(C)C. The molecule has 0 unspecified atom stereocenters. The highest BCUT2D eigenvalue weighted by Gasteiger charge is 2.33. The standard InChI is InChI=1S/C24H42N6O10/c1-11(2)9-16(29-21(36)14(5-7-17(26)32)27-20(35)13(25)10-31)22(37)30-19(12(3)4)23(38)28-15(24(39)40)6-8-18(33)34/h11-16,19,31H,5-10,25H2,1-4H3,(H2,26,32)(H,27,35)(H,28,38)(H,29,36)(H,30,37)(H,33,34)(H,39,40)/t13-,14-,15-,16-,19-/m0/s1. The molecule has 16 nitrogen and oxygen atoms in total. The molecule has 0 heterocycles. The Labute approximate surface area is 232 Å². The first-order chi connectivity index (χ1) is 18.5. The molecule has 0 aromatic rings. The summed E-state index contributed by atoms with van der Waals surface area (Å²) in [4.78, 5) is 84.9. The number of primary amides is 1. The summed E-state index contributed by atoms with van der Waals surface area (Å²) in [5.74, 6) is -7.45. The first kappa shape index (κ1) is 36.2. The Kier molecular flexibility index (Phi) is 16.0. The van der Waals surface area contributed by atoms with Crippen molar-refractivity contribution in [1.29, 1.82) is 0 Å². The summed E-state index contributed by atoms with van der Waals surface area (Å²) in [6.45, 7) is 6.02. The van der Waals surface area contributed by atoms with Gasteiger partial charge in [-0.15, -0.1) is 0 Å². The predicted molar refractivity (Wildman–Crippen MR) is 140 cm³/mol. The first-order valence-electron chi connectivity index (χ1n) is 12.8. The van der Waals surface area contributed by atoms with Gasteiger partial charge in [0.15, 0.2) is 0 Å². The molecule has 0 saturated heterocycles. The lowest BCUT2D eigenvalue weighted by molar-refractivity contribution is -0.143. The second-order valence-electron chi connectivity index (χ2n) is 10.1. The van der Waals surface area contributed by atoms with Gasteiger partial charge in [-0.3, -0.25) is 28.8 Å². The van der Waals surface area contributed by atoms with Crippen LogP contribution >= 0.6 is 0 Å². The molecule has 0 spiro atoms. The molecule has 228 valence electrons. The van der Waals surface area contributed by atoms with E-state index in [1.54, 1.807) is 27.7 Å². The van der Waals surface area contributed by atoms with Crippen LogP contribution in [0.5, 0.6) is 0 Å². The molecule has 5 amide bonds. The van der Waals surface area contributed by atoms with Crippen LogP contribution in [0.15, 0.2) is 0 Å². The molecular weight excluding hydrogens is 532 g/mol. The van der Waals surface area contributed by atoms with E-state index in [0.717, 1.165) is 0 Å². The van der Waals surface area contributed by atoms with Crippen molar-refractivity contribution in [1.82, 2.24) is 21.3 Å². The van der Waals surface area contributed by atoms with Crippen LogP contribution in [0.25, 0.3) is 0 Å². The summed E-state index contributed by atoms with van der Waals surface area (Å²) in [5, 5.41) is 36.8. The Morgan fingerprint density at radius 3 is 1.65 bits per heavy atom. The molecule has 0 aliphatic heterocycles. The fourth-order valence-electron chi connectivity index (χ4n) is 3.47. The van der Waals surface area contributed by atoms with E-state index < -0.39 is 90.6 Å². The van der Waals surface area contributed by atoms with Gasteiger partial charge < -0.3 is 48.1 Å². The highest BCUT2D eigenvalue weighted by atomic mass is 16.4. The maximum absolute atomic E-state index is 13.2. The summed E-state index contributed by atoms with van der Waals surface area (Å²) in [7, 11) is 0. The van der Waals surface area contributed by atoms with Crippen LogP contribution in [-0.4, -0.2) is 93.6 Å². The third-order valence-corrected chi connectivity index (χ3v) is 5.69. The summed E-state index contributed by atoms with van der Waals surface area (Å²) in [5.41, 5.74) is 10.6. The van der Waals surface area contributed by atoms with Crippen molar-refractivity contribution in [2.24, 2.45) is 23.3 Å². The topological polar surface area (TPSA) is 280 Å². The van der Waals surface area contributed by atoms with E-state index in [1.807, 2.05) is 0 Å². The minimum Gasteiger partial charge on any atom is -0.481 e. The predicted octanol–water partition coefficient (Wildman–Crippen LogP) is -2.84. The fraction of sp³-hybridized carbons (Fsp3) is 0.708. The van der Waals surface area contributed by atoms with Crippen molar-refractivity contribution >= 4 is 41.5 Å². The molecule has 0 aromatic heterocycles. The van der Waals surface area contributed by atoms with Crippen molar-refractivity contribution in [2.75, 3.05) is 6.61 Å². The van der Waals surface area contributed by atoms with Gasteiger partial charge in [-0.05, 0) is 31.1 Å². The molecule has 11 N–H and O–H groups in total. The fourth-order valence-corrected chi connectivity index (χ4v) is 3.47. The second-order valence-corrected chi connectivity index (χ2v) is 10.1. The van der Waals surface area contributed by atoms with Crippen LogP contribution < -0.4 is 32.7 Å². The largest absolute Gasteiger partial charge is 0.481 e. The van der Waals surface area contributed by atoms with Crippen LogP contribution in [0.3, 0.4) is 0 Å². The van der Waals surface area contributed by atoms with Crippen LogP contribution in [-0.2, 0) is 33.6 Å². The molecule has 0 radical (unpaired) electrons. The van der Waals surface area contributed by atoms with E-state index in [2.05, 4.69) is 21.3 Å². The summed E-state index contributed by atoms with van der Waals surface area (Å²) in [6.07, 6.45) is -1.28. The van der Waals surface area contributed by atoms with Crippen LogP contribution in [0.2, 0.25) is 0 Å². The van der Waals surface area contributed by atoms with Crippen LogP contribution in [0.4, 0.5) is 0 Å². The number of aliphatic hydroxyl groups excluding tert-OH is 1. The summed E-state index contributed by atoms with van der Waals surface area (Å²) >= 11 is 0. The third-order valence-electron chi connectivity index (χ3n) is 5.69. The number of hydrogen-bond acceptors (Lipinski definition) is 9. The molecule has 5 atom stereocenters. The second kappa shape index (κ2) is 17.7. The molecule has 0 aliphatic carbocycles. The van der Waals surface area contributed by atoms with Gasteiger partial charge in [0, 0.05) is 12.8 Å². The molecule has 0 saturated carbocycles. The smallest absolute Gasteiger partial charge is 0.326 e. The van der Waals surface area contributed by atoms with E-state index >= 15 is 0 Å². The van der Waals surface area contributed by atoms with E-state index in [-0.39, 0.29) is 31.6 Å². The average molecular weight is 575 g/mol. The van der Waals surface area contributed by atoms with E-state index in [4.69, 9.17) is 21.7 Å². The zero-order valence-electron chi connectivity index (χ0n) is 23.1. The van der Waals surface area contributed by atoms with Crippen molar-refractivity contribution in [3.63, 3.8) is 0 Å². The van der Waals surface area contributed by atoms with Gasteiger partial charge in [0.25, 0.3) is 0 Å². The monoisotopic (exact) mass is 574 g/mol. The number of aliphatic carboxylic acids is 2. The first-order valence-corrected chi connectivity index (χ1v) is 12.8. The van der Waals surface area contributed by atoms with Gasteiger partial charge in [0.1, 0.15) is 30.2 Å². The van der Waals surface area contributed by atoms with Crippen molar-refractivity contribution in [3.05, 3.63) is 0 Å². The number of carbonyl (C=O) groups is 7. The number of hydrogen-bond donors (Lipinski definition) is 9. The Hall–Kier alpha value is -3.79. The molecule has 0 fully saturated rings. The van der Waals surface area contributed by atoms with Crippen molar-refractivity contribution < 1.29 is 48.9 Å². The van der Waals surface area contributed by atoms with Crippen LogP contribution in [0.1, 0.15) is 59.8 Å². The number of nitrogens with two attached hydrogens (primary N) is 2. The number of nitrogens with one attached hydrogen (secondary N) is 4. The highest BCUT2D eigenvalue weighted by molar-refractivity contribution is 5.95. The van der Waals surface area contributed by atoms with Gasteiger partial charge in [-0.1, -0.05) is 27.7 Å². The minimum atomic E-state index is -1.51. The normalized spacial score (nSPS) is 14.8. The molecule has 0 bridgehead atoms. The van der Waals surface area contributed by atoms with Gasteiger partial charge in [0.05, 0.1) is 6.61 Å². The molecule has 0 rings (SSSR count). The zero-order valence-corrected chi connectivity index (χ0v) is 23.1. The van der Waals surface area contributed by atoms with Gasteiger partial charge in [-0.2, -0.15) is 0 Å². The van der Waals surface area contributed by atoms with Gasteiger partial charge in [0.2, 0.25) is 29.5 Å². The minimum absolute atomic E-state index is 0.104. The number of carbonyl (C=O) groups excluding carboxylic acids is 5. The lowest BCUT2D eigenvalue weighted by Crippen LogP contribution is -2.59. The zero-order chi connectivity index (χ0) is 31.2. The molecule has 16 heteroatoms. The quantitative estimate of drug-likeness (QED) is 0.0757. The molecule has 0 aliphatic rings. The Morgan fingerprint density at radius 1 is 0.700 bits per heavy atom. The number of carboxylic acid groups (broad SMARTS) is 2. The number of carboxylic acids is 2. The van der Waals surface area contributed by atoms with Crippen molar-refractivity contribution in [3.8, 4) is 0 Å². The van der Waals surface area contributed by atoms with E-state index in [9.17, 15) is 38.7 Å².